The van der Waals surface area contributed by atoms with Crippen molar-refractivity contribution in [2.75, 3.05) is 6.61 Å². The van der Waals surface area contributed by atoms with E-state index in [0.29, 0.717) is 5.56 Å². The number of phenolic OH excluding ortho intramolecular Hbond substituents is 1. The van der Waals surface area contributed by atoms with Crippen molar-refractivity contribution in [2.24, 2.45) is 5.41 Å². The number of phenols is 1. The summed E-state index contributed by atoms with van der Waals surface area (Å²) in [5.41, 5.74) is -0.0279. The molecule has 2 amide bonds. The van der Waals surface area contributed by atoms with Crippen molar-refractivity contribution >= 4 is 17.8 Å². The van der Waals surface area contributed by atoms with Crippen molar-refractivity contribution in [2.45, 2.75) is 39.3 Å². The molecule has 2 atom stereocenters. The minimum atomic E-state index is -1.23. The number of carbonyl (C=O) groups is 3. The van der Waals surface area contributed by atoms with E-state index < -0.39 is 36.5 Å². The van der Waals surface area contributed by atoms with Crippen LogP contribution in [0.4, 0.5) is 0 Å². The smallest absolute Gasteiger partial charge is 0.326 e. The van der Waals surface area contributed by atoms with Crippen LogP contribution in [-0.2, 0) is 19.5 Å². The van der Waals surface area contributed by atoms with E-state index in [9.17, 15) is 29.7 Å². The summed E-state index contributed by atoms with van der Waals surface area (Å²) in [6, 6.07) is 3.08. The first kappa shape index (κ1) is 20.4. The van der Waals surface area contributed by atoms with Gasteiger partial charge in [-0.15, -0.1) is 0 Å². The molecule has 0 aromatic heterocycles. The van der Waals surface area contributed by atoms with Gasteiger partial charge in [0.25, 0.3) is 0 Å². The average Bonchev–Trinajstić information content (AvgIpc) is 2.51. The third-order valence-electron chi connectivity index (χ3n) is 3.36. The molecule has 0 bridgehead atoms. The zero-order chi connectivity index (χ0) is 19.2. The zero-order valence-electron chi connectivity index (χ0n) is 14.4. The summed E-state index contributed by atoms with van der Waals surface area (Å²) in [7, 11) is 0. The fourth-order valence-electron chi connectivity index (χ4n) is 2.24. The van der Waals surface area contributed by atoms with E-state index in [0.717, 1.165) is 0 Å². The molecule has 8 nitrogen and oxygen atoms in total. The van der Waals surface area contributed by atoms with Crippen LogP contribution in [0.25, 0.3) is 0 Å². The van der Waals surface area contributed by atoms with E-state index in [2.05, 4.69) is 10.6 Å². The lowest BCUT2D eigenvalue weighted by atomic mass is 9.88. The quantitative estimate of drug-likeness (QED) is 0.581. The van der Waals surface area contributed by atoms with Crippen molar-refractivity contribution < 1.29 is 29.7 Å². The molecule has 0 saturated carbocycles. The highest BCUT2D eigenvalue weighted by Gasteiger charge is 2.30. The van der Waals surface area contributed by atoms with Crippen molar-refractivity contribution in [3.8, 4) is 5.75 Å². The molecule has 0 aliphatic heterocycles. The van der Waals surface area contributed by atoms with Gasteiger partial charge in [-0.2, -0.15) is 0 Å². The number of hydrogen-bond acceptors (Lipinski definition) is 4. The van der Waals surface area contributed by atoms with E-state index in [1.165, 1.54) is 24.3 Å². The van der Waals surface area contributed by atoms with Crippen LogP contribution >= 0.6 is 0 Å². The lowest BCUT2D eigenvalue weighted by molar-refractivity contribution is -0.143. The van der Waals surface area contributed by atoms with Gasteiger partial charge in [0, 0.05) is 0 Å². The van der Waals surface area contributed by atoms with Crippen molar-refractivity contribution in [1.29, 1.82) is 0 Å². The van der Waals surface area contributed by atoms with Gasteiger partial charge in [-0.05, 0) is 29.5 Å². The van der Waals surface area contributed by atoms with Gasteiger partial charge >= 0.3 is 5.97 Å². The normalized spacial score (nSPS) is 13.6. The first-order valence-electron chi connectivity index (χ1n) is 7.73. The Labute approximate surface area is 145 Å². The summed E-state index contributed by atoms with van der Waals surface area (Å²) in [5.74, 6) is -2.86. The monoisotopic (exact) mass is 351 g/mol. The van der Waals surface area contributed by atoms with Gasteiger partial charge in [0.05, 0.1) is 0 Å². The van der Waals surface area contributed by atoms with Gasteiger partial charge in [0.1, 0.15) is 17.8 Å². The van der Waals surface area contributed by atoms with E-state index in [1.54, 1.807) is 0 Å². The topological polar surface area (TPSA) is 136 Å². The van der Waals surface area contributed by atoms with Crippen LogP contribution in [0.15, 0.2) is 24.3 Å². The minimum Gasteiger partial charge on any atom is -0.508 e. The number of aromatic hydroxyl groups is 1. The molecule has 4 N–H and O–H groups in total. The first-order chi connectivity index (χ1) is 11.5. The maximum Gasteiger partial charge on any atom is 0.326 e. The Kier molecular flexibility index (Phi) is 6.93. The SMILES string of the molecule is CC(C)(C)C[C@@H](NC(=O)[C@H](NC(=O)C[O])c1ccc(O)cc1)C(=O)O. The Bertz CT molecular complexity index is 621. The number of benzene rings is 1. The van der Waals surface area contributed by atoms with Gasteiger partial charge < -0.3 is 20.8 Å². The Hall–Kier alpha value is -2.61. The summed E-state index contributed by atoms with van der Waals surface area (Å²) in [6.45, 7) is 4.45. The summed E-state index contributed by atoms with van der Waals surface area (Å²) in [6.07, 6.45) is 0.186. The van der Waals surface area contributed by atoms with Crippen LogP contribution in [0.1, 0.15) is 38.8 Å². The van der Waals surface area contributed by atoms with Gasteiger partial charge in [-0.25, -0.2) is 9.90 Å². The predicted molar refractivity (Wildman–Crippen MR) is 88.2 cm³/mol. The molecule has 0 aliphatic carbocycles. The molecule has 1 aromatic rings. The van der Waals surface area contributed by atoms with E-state index in [4.69, 9.17) is 0 Å². The maximum absolute atomic E-state index is 12.5. The summed E-state index contributed by atoms with van der Waals surface area (Å²) >= 11 is 0. The van der Waals surface area contributed by atoms with Crippen LogP contribution in [-0.4, -0.2) is 40.6 Å². The number of rotatable bonds is 7. The molecule has 1 aromatic carbocycles. The lowest BCUT2D eigenvalue weighted by Gasteiger charge is -2.26. The Balaban J connectivity index is 3.03. The van der Waals surface area contributed by atoms with Crippen LogP contribution in [0.5, 0.6) is 5.75 Å². The highest BCUT2D eigenvalue weighted by molar-refractivity contribution is 5.91. The third kappa shape index (κ3) is 6.80. The molecule has 0 heterocycles. The Morgan fingerprint density at radius 1 is 1.08 bits per heavy atom. The molecule has 137 valence electrons. The minimum absolute atomic E-state index is 0.0331. The fourth-order valence-corrected chi connectivity index (χ4v) is 2.24. The molecule has 0 fully saturated rings. The van der Waals surface area contributed by atoms with Gasteiger partial charge in [-0.3, -0.25) is 9.59 Å². The van der Waals surface area contributed by atoms with Gasteiger partial charge in [0.15, 0.2) is 6.61 Å². The van der Waals surface area contributed by atoms with Gasteiger partial charge in [0.2, 0.25) is 11.8 Å². The summed E-state index contributed by atoms with van der Waals surface area (Å²) in [5, 5.41) is 34.0. The molecule has 0 spiro atoms. The second-order valence-corrected chi connectivity index (χ2v) is 6.90. The number of hydrogen-bond donors (Lipinski definition) is 4. The van der Waals surface area contributed by atoms with Crippen LogP contribution in [0, 0.1) is 5.41 Å². The van der Waals surface area contributed by atoms with Gasteiger partial charge in [-0.1, -0.05) is 32.9 Å². The molecule has 1 radical (unpaired) electrons. The fraction of sp³-hybridized carbons (Fsp3) is 0.471. The highest BCUT2D eigenvalue weighted by Crippen LogP contribution is 2.22. The number of carboxylic acid groups (broad SMARTS) is 1. The Morgan fingerprint density at radius 3 is 2.08 bits per heavy atom. The Morgan fingerprint density at radius 2 is 1.64 bits per heavy atom. The van der Waals surface area contributed by atoms with E-state index in [-0.39, 0.29) is 17.6 Å². The molecule has 0 saturated heterocycles. The van der Waals surface area contributed by atoms with Crippen LogP contribution in [0.3, 0.4) is 0 Å². The predicted octanol–water partition coefficient (Wildman–Crippen LogP) is 0.986. The number of aliphatic carboxylic acids is 1. The second kappa shape index (κ2) is 8.48. The van der Waals surface area contributed by atoms with Crippen molar-refractivity contribution in [1.82, 2.24) is 10.6 Å². The highest BCUT2D eigenvalue weighted by atomic mass is 16.4. The van der Waals surface area contributed by atoms with E-state index in [1.807, 2.05) is 20.8 Å². The van der Waals surface area contributed by atoms with Crippen molar-refractivity contribution in [3.05, 3.63) is 29.8 Å². The molecule has 0 aliphatic rings. The standard InChI is InChI=1S/C17H23N2O6/c1-17(2,3)8-12(16(24)25)18-15(23)14(19-13(22)9-20)10-4-6-11(21)7-5-10/h4-7,12,14,21H,8-9H2,1-3H3,(H,18,23)(H,19,22)(H,24,25)/t12-,14-/m1/s1. The second-order valence-electron chi connectivity index (χ2n) is 6.90. The number of nitrogens with one attached hydrogen (secondary N) is 2. The molecule has 0 unspecified atom stereocenters. The number of carboxylic acids is 1. The summed E-state index contributed by atoms with van der Waals surface area (Å²) in [4.78, 5) is 35.4. The molecular weight excluding hydrogens is 328 g/mol. The van der Waals surface area contributed by atoms with E-state index >= 15 is 0 Å². The molecule has 25 heavy (non-hydrogen) atoms. The van der Waals surface area contributed by atoms with Crippen molar-refractivity contribution in [3.63, 3.8) is 0 Å². The average molecular weight is 351 g/mol. The first-order valence-corrected chi connectivity index (χ1v) is 7.73. The third-order valence-corrected chi connectivity index (χ3v) is 3.36. The van der Waals surface area contributed by atoms with Crippen LogP contribution in [0.2, 0.25) is 0 Å². The maximum atomic E-state index is 12.5. The molecule has 1 rings (SSSR count). The van der Waals surface area contributed by atoms with Crippen LogP contribution < -0.4 is 10.6 Å². The lowest BCUT2D eigenvalue weighted by Crippen LogP contribution is -2.48. The molecular formula is C17H23N2O6. The summed E-state index contributed by atoms with van der Waals surface area (Å²) < 4.78 is 0. The number of amides is 2. The largest absolute Gasteiger partial charge is 0.508 e. The number of carbonyl (C=O) groups excluding carboxylic acids is 2. The zero-order valence-corrected chi connectivity index (χ0v) is 14.4. The molecule has 8 heteroatoms.